The van der Waals surface area contributed by atoms with Crippen LogP contribution in [0.5, 0.6) is 0 Å². The molecule has 146 valence electrons. The van der Waals surface area contributed by atoms with Crippen molar-refractivity contribution in [3.8, 4) is 0 Å². The average Bonchev–Trinajstić information content (AvgIpc) is 2.66. The van der Waals surface area contributed by atoms with Crippen LogP contribution in [-0.4, -0.2) is 32.8 Å². The summed E-state index contributed by atoms with van der Waals surface area (Å²) in [6.45, 7) is 1.52. The van der Waals surface area contributed by atoms with E-state index in [9.17, 15) is 9.18 Å². The highest BCUT2D eigenvalue weighted by atomic mass is 35.5. The number of carbonyl (C=O) groups excluding carboxylic acids is 1. The Morgan fingerprint density at radius 3 is 2.85 bits per heavy atom. The molecule has 0 bridgehead atoms. The maximum absolute atomic E-state index is 14.0. The number of carbonyl (C=O) groups is 1. The number of nitrogens with two attached hydrogens (primary N) is 1. The molecule has 3 rings (SSSR count). The van der Waals surface area contributed by atoms with E-state index >= 15 is 0 Å². The van der Waals surface area contributed by atoms with E-state index in [1.165, 1.54) is 12.1 Å². The summed E-state index contributed by atoms with van der Waals surface area (Å²) < 4.78 is 24.3. The number of nitrogen functional groups attached to an aromatic ring is 1. The highest BCUT2D eigenvalue weighted by Gasteiger charge is 2.25. The molecule has 1 amide bonds. The summed E-state index contributed by atoms with van der Waals surface area (Å²) >= 11 is 0. The molecule has 0 saturated carbocycles. The van der Waals surface area contributed by atoms with E-state index in [1.807, 2.05) is 18.2 Å². The topological polar surface area (TPSA) is 64.8 Å². The molecule has 0 aromatic heterocycles. The molecule has 0 spiro atoms. The number of anilines is 2. The first kappa shape index (κ1) is 21.2. The smallest absolute Gasteiger partial charge is 0.258 e. The standard InChI is InChI=1S/C20H23FN2O3.ClH/c1-25-10-11-26-13-15-12-14(7-8-17(15)21)20(24)23-9-3-4-16-18(22)5-2-6-19(16)23;/h2,5-8,12H,3-4,9-11,13,22H2,1H3;1H. The third kappa shape index (κ3) is 4.77. The van der Waals surface area contributed by atoms with Crippen molar-refractivity contribution in [2.24, 2.45) is 0 Å². The van der Waals surface area contributed by atoms with Crippen molar-refractivity contribution in [3.05, 3.63) is 58.9 Å². The molecule has 1 aliphatic rings. The second-order valence-electron chi connectivity index (χ2n) is 6.26. The summed E-state index contributed by atoms with van der Waals surface area (Å²) in [7, 11) is 1.58. The molecule has 0 aliphatic carbocycles. The van der Waals surface area contributed by atoms with Gasteiger partial charge in [0.05, 0.1) is 19.8 Å². The van der Waals surface area contributed by atoms with Crippen LogP contribution in [0, 0.1) is 5.82 Å². The largest absolute Gasteiger partial charge is 0.398 e. The van der Waals surface area contributed by atoms with E-state index in [-0.39, 0.29) is 30.7 Å². The van der Waals surface area contributed by atoms with Gasteiger partial charge in [0.2, 0.25) is 0 Å². The molecule has 2 N–H and O–H groups in total. The van der Waals surface area contributed by atoms with E-state index in [4.69, 9.17) is 15.2 Å². The minimum Gasteiger partial charge on any atom is -0.398 e. The molecule has 2 aromatic rings. The van der Waals surface area contributed by atoms with Crippen molar-refractivity contribution in [3.63, 3.8) is 0 Å². The summed E-state index contributed by atoms with van der Waals surface area (Å²) in [5, 5.41) is 0. The van der Waals surface area contributed by atoms with Gasteiger partial charge in [0.25, 0.3) is 5.91 Å². The zero-order chi connectivity index (χ0) is 18.5. The van der Waals surface area contributed by atoms with Crippen LogP contribution in [0.25, 0.3) is 0 Å². The van der Waals surface area contributed by atoms with Crippen molar-refractivity contribution in [2.45, 2.75) is 19.4 Å². The van der Waals surface area contributed by atoms with Crippen LogP contribution in [-0.2, 0) is 22.5 Å². The second kappa shape index (κ2) is 9.69. The monoisotopic (exact) mass is 394 g/mol. The van der Waals surface area contributed by atoms with Crippen LogP contribution in [0.1, 0.15) is 27.9 Å². The van der Waals surface area contributed by atoms with Gasteiger partial charge in [-0.25, -0.2) is 4.39 Å². The quantitative estimate of drug-likeness (QED) is 0.600. The number of ether oxygens (including phenoxy) is 2. The van der Waals surface area contributed by atoms with Crippen LogP contribution in [0.4, 0.5) is 15.8 Å². The first-order chi connectivity index (χ1) is 12.6. The number of fused-ring (bicyclic) bond motifs is 1. The molecule has 0 atom stereocenters. The number of benzene rings is 2. The Morgan fingerprint density at radius 2 is 2.07 bits per heavy atom. The number of nitrogens with zero attached hydrogens (tertiary/aromatic N) is 1. The molecule has 7 heteroatoms. The number of hydrogen-bond acceptors (Lipinski definition) is 4. The lowest BCUT2D eigenvalue weighted by atomic mass is 9.98. The van der Waals surface area contributed by atoms with Gasteiger partial charge in [0, 0.05) is 36.2 Å². The Bertz CT molecular complexity index is 801. The fraction of sp³-hybridized carbons (Fsp3) is 0.350. The minimum atomic E-state index is -0.387. The first-order valence-electron chi connectivity index (χ1n) is 8.66. The molecule has 0 fully saturated rings. The van der Waals surface area contributed by atoms with Crippen molar-refractivity contribution in [1.29, 1.82) is 0 Å². The number of rotatable bonds is 6. The highest BCUT2D eigenvalue weighted by Crippen LogP contribution is 2.32. The van der Waals surface area contributed by atoms with Crippen LogP contribution >= 0.6 is 12.4 Å². The van der Waals surface area contributed by atoms with Gasteiger partial charge in [-0.05, 0) is 48.7 Å². The molecule has 1 heterocycles. The normalized spacial score (nSPS) is 13.0. The highest BCUT2D eigenvalue weighted by molar-refractivity contribution is 6.07. The molecule has 2 aromatic carbocycles. The second-order valence-corrected chi connectivity index (χ2v) is 6.26. The van der Waals surface area contributed by atoms with E-state index < -0.39 is 0 Å². The number of amides is 1. The summed E-state index contributed by atoms with van der Waals surface area (Å²) in [4.78, 5) is 14.7. The molecule has 0 saturated heterocycles. The van der Waals surface area contributed by atoms with Crippen LogP contribution in [0.3, 0.4) is 0 Å². The predicted octanol–water partition coefficient (Wildman–Crippen LogP) is 3.59. The average molecular weight is 395 g/mol. The Hall–Kier alpha value is -2.15. The van der Waals surface area contributed by atoms with Crippen molar-refractivity contribution in [2.75, 3.05) is 37.5 Å². The van der Waals surface area contributed by atoms with Gasteiger partial charge in [-0.1, -0.05) is 6.07 Å². The number of halogens is 2. The lowest BCUT2D eigenvalue weighted by Crippen LogP contribution is -2.35. The van der Waals surface area contributed by atoms with Crippen LogP contribution in [0.2, 0.25) is 0 Å². The van der Waals surface area contributed by atoms with E-state index in [0.717, 1.165) is 24.1 Å². The summed E-state index contributed by atoms with van der Waals surface area (Å²) in [6.07, 6.45) is 1.70. The Kier molecular flexibility index (Phi) is 7.59. The van der Waals surface area contributed by atoms with Crippen LogP contribution in [0.15, 0.2) is 36.4 Å². The van der Waals surface area contributed by atoms with Crippen LogP contribution < -0.4 is 10.6 Å². The van der Waals surface area contributed by atoms with Crippen molar-refractivity contribution < 1.29 is 18.7 Å². The van der Waals surface area contributed by atoms with Gasteiger partial charge in [-0.15, -0.1) is 12.4 Å². The van der Waals surface area contributed by atoms with Gasteiger partial charge in [-0.2, -0.15) is 0 Å². The lowest BCUT2D eigenvalue weighted by molar-refractivity contribution is 0.0604. The maximum atomic E-state index is 14.0. The summed E-state index contributed by atoms with van der Waals surface area (Å²) in [5.41, 5.74) is 9.38. The summed E-state index contributed by atoms with van der Waals surface area (Å²) in [6, 6.07) is 9.98. The molecular formula is C20H24ClFN2O3. The van der Waals surface area contributed by atoms with Gasteiger partial charge in [0.15, 0.2) is 0 Å². The zero-order valence-corrected chi connectivity index (χ0v) is 16.1. The third-order valence-corrected chi connectivity index (χ3v) is 4.51. The minimum absolute atomic E-state index is 0. The fourth-order valence-electron chi connectivity index (χ4n) is 3.16. The number of hydrogen-bond donors (Lipinski definition) is 1. The number of methoxy groups -OCH3 is 1. The van der Waals surface area contributed by atoms with Gasteiger partial charge >= 0.3 is 0 Å². The van der Waals surface area contributed by atoms with Crippen molar-refractivity contribution >= 4 is 29.7 Å². The Balaban J connectivity index is 0.00000261. The lowest BCUT2D eigenvalue weighted by Gasteiger charge is -2.30. The first-order valence-corrected chi connectivity index (χ1v) is 8.66. The van der Waals surface area contributed by atoms with Crippen molar-refractivity contribution in [1.82, 2.24) is 0 Å². The zero-order valence-electron chi connectivity index (χ0n) is 15.2. The van der Waals surface area contributed by atoms with Gasteiger partial charge < -0.3 is 20.1 Å². The van der Waals surface area contributed by atoms with E-state index in [1.54, 1.807) is 18.1 Å². The molecule has 5 nitrogen and oxygen atoms in total. The maximum Gasteiger partial charge on any atom is 0.258 e. The Morgan fingerprint density at radius 1 is 1.26 bits per heavy atom. The SMILES string of the molecule is COCCOCc1cc(C(=O)N2CCCc3c(N)cccc32)ccc1F.Cl. The molecular weight excluding hydrogens is 371 g/mol. The third-order valence-electron chi connectivity index (χ3n) is 4.51. The van der Waals surface area contributed by atoms with Gasteiger partial charge in [0.1, 0.15) is 5.82 Å². The molecule has 0 radical (unpaired) electrons. The van der Waals surface area contributed by atoms with Gasteiger partial charge in [-0.3, -0.25) is 4.79 Å². The Labute approximate surface area is 164 Å². The molecule has 1 aliphatic heterocycles. The van der Waals surface area contributed by atoms with E-state index in [0.29, 0.717) is 36.6 Å². The molecule has 0 unspecified atom stereocenters. The van der Waals surface area contributed by atoms with E-state index in [2.05, 4.69) is 0 Å². The molecule has 27 heavy (non-hydrogen) atoms. The predicted molar refractivity (Wildman–Crippen MR) is 106 cm³/mol. The summed E-state index contributed by atoms with van der Waals surface area (Å²) in [5.74, 6) is -0.544. The fourth-order valence-corrected chi connectivity index (χ4v) is 3.16.